The summed E-state index contributed by atoms with van der Waals surface area (Å²) in [7, 11) is 3.71. The normalized spacial score (nSPS) is 23.8. The van der Waals surface area contributed by atoms with Crippen molar-refractivity contribution in [3.05, 3.63) is 35.4 Å². The number of hydrogen-bond donors (Lipinski definition) is 2. The Morgan fingerprint density at radius 3 is 2.59 bits per heavy atom. The minimum atomic E-state index is -0.315. The van der Waals surface area contributed by atoms with Gasteiger partial charge in [0.2, 0.25) is 5.91 Å². The molecular weight excluding hydrogens is 336 g/mol. The van der Waals surface area contributed by atoms with Crippen molar-refractivity contribution in [3.63, 3.8) is 0 Å². The number of nitrogens with zero attached hydrogens (tertiary/aromatic N) is 2. The maximum atomic E-state index is 12.8. The molecule has 0 spiro atoms. The van der Waals surface area contributed by atoms with Crippen molar-refractivity contribution < 1.29 is 4.79 Å². The molecule has 0 radical (unpaired) electrons. The molecule has 0 aliphatic heterocycles. The Morgan fingerprint density at radius 2 is 1.96 bits per heavy atom. The lowest BCUT2D eigenvalue weighted by Crippen LogP contribution is -2.43. The smallest absolute Gasteiger partial charge is 0.230 e. The Hall–Kier alpha value is -2.04. The third kappa shape index (κ3) is 4.45. The van der Waals surface area contributed by atoms with Gasteiger partial charge in [-0.15, -0.1) is 0 Å². The van der Waals surface area contributed by atoms with E-state index in [1.54, 1.807) is 4.90 Å². The summed E-state index contributed by atoms with van der Waals surface area (Å²) in [6.07, 6.45) is 5.27. The molecule has 2 saturated carbocycles. The molecule has 2 atom stereocenters. The summed E-state index contributed by atoms with van der Waals surface area (Å²) in [5, 5.41) is 6.95. The molecule has 2 N–H and O–H groups in total. The van der Waals surface area contributed by atoms with Crippen LogP contribution in [-0.4, -0.2) is 50.0 Å². The molecule has 5 nitrogen and oxygen atoms in total. The molecule has 0 aromatic heterocycles. The topological polar surface area (TPSA) is 56.7 Å². The molecule has 27 heavy (non-hydrogen) atoms. The van der Waals surface area contributed by atoms with Crippen LogP contribution in [-0.2, 0) is 4.79 Å². The molecule has 1 amide bonds. The van der Waals surface area contributed by atoms with Crippen molar-refractivity contribution in [2.45, 2.75) is 57.9 Å². The predicted octanol–water partition coefficient (Wildman–Crippen LogP) is 3.05. The molecule has 0 saturated heterocycles. The zero-order valence-electron chi connectivity index (χ0n) is 17.2. The largest absolute Gasteiger partial charge is 0.357 e. The van der Waals surface area contributed by atoms with Gasteiger partial charge in [0.25, 0.3) is 0 Å². The summed E-state index contributed by atoms with van der Waals surface area (Å²) < 4.78 is 0. The molecular formula is C22H34N4O. The monoisotopic (exact) mass is 370 g/mol. The van der Waals surface area contributed by atoms with Crippen LogP contribution in [0.15, 0.2) is 29.3 Å². The number of aliphatic imine (C=N–C) groups is 1. The van der Waals surface area contributed by atoms with E-state index >= 15 is 0 Å². The molecule has 0 bridgehead atoms. The van der Waals surface area contributed by atoms with E-state index in [-0.39, 0.29) is 11.3 Å². The fraction of sp³-hybridized carbons (Fsp3) is 0.636. The van der Waals surface area contributed by atoms with Gasteiger partial charge in [-0.2, -0.15) is 0 Å². The van der Waals surface area contributed by atoms with E-state index in [0.29, 0.717) is 18.5 Å². The number of guanidine groups is 1. The first-order valence-corrected chi connectivity index (χ1v) is 10.3. The van der Waals surface area contributed by atoms with Gasteiger partial charge < -0.3 is 15.5 Å². The average molecular weight is 371 g/mol. The van der Waals surface area contributed by atoms with Gasteiger partial charge in [0.15, 0.2) is 5.96 Å². The number of carbonyl (C=O) groups excluding carboxylic acids is 1. The molecule has 2 aliphatic carbocycles. The highest BCUT2D eigenvalue weighted by molar-refractivity contribution is 5.84. The average Bonchev–Trinajstić information content (AvgIpc) is 3.23. The summed E-state index contributed by atoms with van der Waals surface area (Å²) in [5.41, 5.74) is 2.47. The van der Waals surface area contributed by atoms with Crippen molar-refractivity contribution >= 4 is 11.9 Å². The molecule has 1 aromatic rings. The van der Waals surface area contributed by atoms with Crippen LogP contribution in [0.1, 0.15) is 56.1 Å². The van der Waals surface area contributed by atoms with Crippen molar-refractivity contribution in [1.82, 2.24) is 15.5 Å². The second kappa shape index (κ2) is 8.32. The van der Waals surface area contributed by atoms with Gasteiger partial charge in [0, 0.05) is 32.6 Å². The first-order chi connectivity index (χ1) is 13.0. The van der Waals surface area contributed by atoms with E-state index in [1.165, 1.54) is 11.1 Å². The van der Waals surface area contributed by atoms with E-state index in [9.17, 15) is 4.79 Å². The van der Waals surface area contributed by atoms with Crippen LogP contribution in [0.25, 0.3) is 0 Å². The number of nitrogens with one attached hydrogen (secondary N) is 2. The highest BCUT2D eigenvalue weighted by Crippen LogP contribution is 2.42. The number of rotatable bonds is 6. The summed E-state index contributed by atoms with van der Waals surface area (Å²) in [6.45, 7) is 5.66. The molecule has 5 heteroatoms. The number of amides is 1. The maximum Gasteiger partial charge on any atom is 0.230 e. The zero-order valence-corrected chi connectivity index (χ0v) is 17.2. The predicted molar refractivity (Wildman–Crippen MR) is 111 cm³/mol. The minimum absolute atomic E-state index is 0.226. The van der Waals surface area contributed by atoms with E-state index < -0.39 is 0 Å². The number of aryl methyl sites for hydroxylation is 1. The Labute approximate surface area is 163 Å². The lowest BCUT2D eigenvalue weighted by molar-refractivity contribution is -0.138. The van der Waals surface area contributed by atoms with Crippen molar-refractivity contribution in [2.24, 2.45) is 10.4 Å². The molecule has 2 aliphatic rings. The van der Waals surface area contributed by atoms with Gasteiger partial charge in [-0.25, -0.2) is 0 Å². The number of carbonyl (C=O) groups is 1. The Balaban J connectivity index is 1.67. The first-order valence-electron chi connectivity index (χ1n) is 10.3. The second-order valence-electron chi connectivity index (χ2n) is 8.33. The third-order valence-electron chi connectivity index (χ3n) is 6.01. The Kier molecular flexibility index (Phi) is 6.08. The SMILES string of the molecule is CCNC(=NCC1(C(=O)N(C)C)CCCC1)NC1CC1c1ccccc1C. The molecule has 1 aromatic carbocycles. The molecule has 3 rings (SSSR count). The third-order valence-corrected chi connectivity index (χ3v) is 6.01. The van der Waals surface area contributed by atoms with Crippen LogP contribution in [0.4, 0.5) is 0 Å². The van der Waals surface area contributed by atoms with Gasteiger partial charge in [-0.3, -0.25) is 9.79 Å². The fourth-order valence-electron chi connectivity index (χ4n) is 4.39. The molecule has 148 valence electrons. The molecule has 2 unspecified atom stereocenters. The van der Waals surface area contributed by atoms with Crippen LogP contribution in [0.3, 0.4) is 0 Å². The van der Waals surface area contributed by atoms with Crippen LogP contribution >= 0.6 is 0 Å². The van der Waals surface area contributed by atoms with Crippen molar-refractivity contribution in [3.8, 4) is 0 Å². The summed E-state index contributed by atoms with van der Waals surface area (Å²) in [6, 6.07) is 9.05. The van der Waals surface area contributed by atoms with E-state index in [1.807, 2.05) is 14.1 Å². The van der Waals surface area contributed by atoms with Crippen LogP contribution in [0, 0.1) is 12.3 Å². The Morgan fingerprint density at radius 1 is 1.26 bits per heavy atom. The second-order valence-corrected chi connectivity index (χ2v) is 8.33. The Bertz CT molecular complexity index is 691. The van der Waals surface area contributed by atoms with E-state index in [2.05, 4.69) is 48.7 Å². The standard InChI is InChI=1S/C22H34N4O/c1-5-23-21(24-15-22(12-8-9-13-22)20(27)26(3)4)25-19-14-18(19)17-11-7-6-10-16(17)2/h6-7,10-11,18-19H,5,8-9,12-15H2,1-4H3,(H2,23,24,25). The highest BCUT2D eigenvalue weighted by Gasteiger charge is 2.43. The lowest BCUT2D eigenvalue weighted by Gasteiger charge is -2.29. The minimum Gasteiger partial charge on any atom is -0.357 e. The lowest BCUT2D eigenvalue weighted by atomic mass is 9.85. The maximum absolute atomic E-state index is 12.8. The van der Waals surface area contributed by atoms with Crippen LogP contribution < -0.4 is 10.6 Å². The summed E-state index contributed by atoms with van der Waals surface area (Å²) in [4.78, 5) is 19.3. The highest BCUT2D eigenvalue weighted by atomic mass is 16.2. The number of benzene rings is 1. The number of hydrogen-bond acceptors (Lipinski definition) is 2. The zero-order chi connectivity index (χ0) is 19.4. The van der Waals surface area contributed by atoms with Crippen LogP contribution in [0.2, 0.25) is 0 Å². The van der Waals surface area contributed by atoms with Gasteiger partial charge >= 0.3 is 0 Å². The van der Waals surface area contributed by atoms with Gasteiger partial charge in [-0.1, -0.05) is 37.1 Å². The van der Waals surface area contributed by atoms with E-state index in [0.717, 1.165) is 44.6 Å². The fourth-order valence-corrected chi connectivity index (χ4v) is 4.39. The first kappa shape index (κ1) is 19.7. The van der Waals surface area contributed by atoms with Crippen molar-refractivity contribution in [1.29, 1.82) is 0 Å². The van der Waals surface area contributed by atoms with Gasteiger partial charge in [-0.05, 0) is 44.2 Å². The quantitative estimate of drug-likeness (QED) is 0.598. The van der Waals surface area contributed by atoms with Crippen molar-refractivity contribution in [2.75, 3.05) is 27.2 Å². The van der Waals surface area contributed by atoms with Gasteiger partial charge in [0.1, 0.15) is 0 Å². The molecule has 0 heterocycles. The van der Waals surface area contributed by atoms with E-state index in [4.69, 9.17) is 4.99 Å². The molecule has 2 fully saturated rings. The summed E-state index contributed by atoms with van der Waals surface area (Å²) >= 11 is 0. The summed E-state index contributed by atoms with van der Waals surface area (Å²) in [5.74, 6) is 1.62. The van der Waals surface area contributed by atoms with Crippen LogP contribution in [0.5, 0.6) is 0 Å². The van der Waals surface area contributed by atoms with Gasteiger partial charge in [0.05, 0.1) is 12.0 Å².